The Bertz CT molecular complexity index is 460. The van der Waals surface area contributed by atoms with Crippen LogP contribution in [0.15, 0.2) is 29.2 Å². The Balaban J connectivity index is 2.10. The van der Waals surface area contributed by atoms with Gasteiger partial charge in [0.2, 0.25) is 0 Å². The summed E-state index contributed by atoms with van der Waals surface area (Å²) in [5, 5.41) is 0.664. The van der Waals surface area contributed by atoms with Crippen LogP contribution in [0.1, 0.15) is 19.8 Å². The maximum absolute atomic E-state index is 11.9. The summed E-state index contributed by atoms with van der Waals surface area (Å²) in [5.41, 5.74) is 0. The second kappa shape index (κ2) is 5.33. The molecule has 0 aliphatic carbocycles. The zero-order chi connectivity index (χ0) is 13.2. The highest BCUT2D eigenvalue weighted by molar-refractivity contribution is 8.01. The number of thioether (sulfide) groups is 1. The van der Waals surface area contributed by atoms with Crippen molar-refractivity contribution in [2.24, 2.45) is 0 Å². The topological polar surface area (TPSA) is 43.4 Å². The van der Waals surface area contributed by atoms with Crippen molar-refractivity contribution in [1.29, 1.82) is 0 Å². The number of hydrogen-bond acceptors (Lipinski definition) is 4. The minimum absolute atomic E-state index is 0.255. The molecule has 0 amide bonds. The molecular weight excluding hydrogens is 272 g/mol. The molecule has 1 heterocycles. The van der Waals surface area contributed by atoms with E-state index in [1.54, 1.807) is 12.1 Å². The molecule has 0 bridgehead atoms. The van der Waals surface area contributed by atoms with Crippen molar-refractivity contribution in [2.45, 2.75) is 35.5 Å². The molecule has 2 unspecified atom stereocenters. The number of halogens is 1. The third-order valence-corrected chi connectivity index (χ3v) is 4.38. The summed E-state index contributed by atoms with van der Waals surface area (Å²) in [4.78, 5) is 23.3. The number of esters is 1. The molecule has 1 saturated heterocycles. The van der Waals surface area contributed by atoms with Gasteiger partial charge in [0, 0.05) is 22.8 Å². The fourth-order valence-corrected chi connectivity index (χ4v) is 3.24. The van der Waals surface area contributed by atoms with Crippen LogP contribution in [0.4, 0.5) is 0 Å². The zero-order valence-corrected chi connectivity index (χ0v) is 11.5. The van der Waals surface area contributed by atoms with Gasteiger partial charge in [0.25, 0.3) is 0 Å². The number of carbonyl (C=O) groups is 2. The quantitative estimate of drug-likeness (QED) is 0.629. The Kier molecular flexibility index (Phi) is 3.97. The van der Waals surface area contributed by atoms with E-state index in [1.807, 2.05) is 19.1 Å². The molecule has 1 aliphatic rings. The molecule has 0 N–H and O–H groups in total. The van der Waals surface area contributed by atoms with E-state index in [4.69, 9.17) is 16.3 Å². The Hall–Kier alpha value is -1.00. The Labute approximate surface area is 115 Å². The summed E-state index contributed by atoms with van der Waals surface area (Å²) in [5.74, 6) is -0.255. The average Bonchev–Trinajstić information content (AvgIpc) is 2.58. The van der Waals surface area contributed by atoms with E-state index in [1.165, 1.54) is 11.8 Å². The molecule has 3 nitrogen and oxygen atoms in total. The van der Waals surface area contributed by atoms with Crippen molar-refractivity contribution < 1.29 is 14.3 Å². The monoisotopic (exact) mass is 284 g/mol. The van der Waals surface area contributed by atoms with Gasteiger partial charge in [-0.1, -0.05) is 11.6 Å². The third-order valence-electron chi connectivity index (χ3n) is 2.84. The lowest BCUT2D eigenvalue weighted by Crippen LogP contribution is -2.25. The van der Waals surface area contributed by atoms with Crippen molar-refractivity contribution >= 4 is 35.6 Å². The van der Waals surface area contributed by atoms with E-state index >= 15 is 0 Å². The van der Waals surface area contributed by atoms with Crippen LogP contribution in [0.3, 0.4) is 0 Å². The van der Waals surface area contributed by atoms with E-state index in [9.17, 15) is 9.59 Å². The highest BCUT2D eigenvalue weighted by atomic mass is 35.5. The second-order valence-corrected chi connectivity index (χ2v) is 6.43. The number of rotatable bonds is 4. The van der Waals surface area contributed by atoms with Gasteiger partial charge in [0.1, 0.15) is 17.1 Å². The first-order valence-corrected chi connectivity index (χ1v) is 6.82. The van der Waals surface area contributed by atoms with Gasteiger partial charge >= 0.3 is 5.97 Å². The van der Waals surface area contributed by atoms with Gasteiger partial charge in [0.05, 0.1) is 0 Å². The fourth-order valence-electron chi connectivity index (χ4n) is 1.92. The molecule has 1 aliphatic heterocycles. The molecule has 0 aromatic heterocycles. The number of carbonyl (C=O) groups excluding carboxylic acids is 2. The first-order valence-electron chi connectivity index (χ1n) is 5.63. The van der Waals surface area contributed by atoms with E-state index in [0.717, 1.165) is 11.2 Å². The molecule has 0 radical (unpaired) electrons. The van der Waals surface area contributed by atoms with Gasteiger partial charge in [-0.3, -0.25) is 4.79 Å². The predicted molar refractivity (Wildman–Crippen MR) is 70.9 cm³/mol. The second-order valence-electron chi connectivity index (χ2n) is 4.42. The number of ether oxygens (including phenoxy) is 1. The van der Waals surface area contributed by atoms with Crippen LogP contribution in [-0.2, 0) is 14.3 Å². The summed E-state index contributed by atoms with van der Waals surface area (Å²) in [6.07, 6.45) is 1.32. The predicted octanol–water partition coefficient (Wildman–Crippen LogP) is 3.10. The normalized spacial score (nSPS) is 27.0. The van der Waals surface area contributed by atoms with Crippen molar-refractivity contribution in [1.82, 2.24) is 0 Å². The number of hydrogen-bond donors (Lipinski definition) is 0. The van der Waals surface area contributed by atoms with Gasteiger partial charge in [-0.25, -0.2) is 0 Å². The number of aldehydes is 1. The van der Waals surface area contributed by atoms with Gasteiger partial charge < -0.3 is 9.53 Å². The van der Waals surface area contributed by atoms with E-state index < -0.39 is 4.75 Å². The van der Waals surface area contributed by atoms with Gasteiger partial charge in [-0.2, -0.15) is 0 Å². The summed E-state index contributed by atoms with van der Waals surface area (Å²) in [6.45, 7) is 1.85. The highest BCUT2D eigenvalue weighted by Gasteiger charge is 2.46. The first-order chi connectivity index (χ1) is 8.53. The minimum atomic E-state index is -0.624. The molecule has 2 rings (SSSR count). The molecule has 5 heteroatoms. The van der Waals surface area contributed by atoms with Gasteiger partial charge in [-0.15, -0.1) is 11.8 Å². The Morgan fingerprint density at radius 3 is 2.78 bits per heavy atom. The van der Waals surface area contributed by atoms with Crippen LogP contribution >= 0.6 is 23.4 Å². The van der Waals surface area contributed by atoms with Crippen LogP contribution in [-0.4, -0.2) is 23.1 Å². The number of benzene rings is 1. The molecule has 1 aromatic rings. The van der Waals surface area contributed by atoms with Crippen molar-refractivity contribution in [3.05, 3.63) is 29.3 Å². The maximum atomic E-state index is 11.9. The minimum Gasteiger partial charge on any atom is -0.461 e. The number of cyclic esters (lactones) is 1. The average molecular weight is 285 g/mol. The summed E-state index contributed by atoms with van der Waals surface area (Å²) in [7, 11) is 0. The molecule has 0 saturated carbocycles. The maximum Gasteiger partial charge on any atom is 0.322 e. The lowest BCUT2D eigenvalue weighted by Gasteiger charge is -2.18. The summed E-state index contributed by atoms with van der Waals surface area (Å²) >= 11 is 7.27. The van der Waals surface area contributed by atoms with Crippen molar-refractivity contribution in [3.63, 3.8) is 0 Å². The van der Waals surface area contributed by atoms with Crippen LogP contribution in [0.5, 0.6) is 0 Å². The van der Waals surface area contributed by atoms with Crippen LogP contribution in [0, 0.1) is 0 Å². The largest absolute Gasteiger partial charge is 0.461 e. The highest BCUT2D eigenvalue weighted by Crippen LogP contribution is 2.42. The zero-order valence-electron chi connectivity index (χ0n) is 9.89. The molecular formula is C13H13ClO3S. The SMILES string of the molecule is CC1(Sc2ccc(Cl)cc2)CC(CC=O)OC1=O. The van der Waals surface area contributed by atoms with Crippen LogP contribution < -0.4 is 0 Å². The Morgan fingerprint density at radius 2 is 2.17 bits per heavy atom. The summed E-state index contributed by atoms with van der Waals surface area (Å²) in [6, 6.07) is 7.32. The molecule has 96 valence electrons. The summed E-state index contributed by atoms with van der Waals surface area (Å²) < 4.78 is 4.57. The van der Waals surface area contributed by atoms with Gasteiger partial charge in [-0.05, 0) is 31.2 Å². The smallest absolute Gasteiger partial charge is 0.322 e. The van der Waals surface area contributed by atoms with Crippen molar-refractivity contribution in [2.75, 3.05) is 0 Å². The molecule has 1 fully saturated rings. The first kappa shape index (κ1) is 13.4. The molecule has 18 heavy (non-hydrogen) atoms. The lowest BCUT2D eigenvalue weighted by atomic mass is 10.1. The van der Waals surface area contributed by atoms with Crippen LogP contribution in [0.25, 0.3) is 0 Å². The molecule has 2 atom stereocenters. The third kappa shape index (κ3) is 2.87. The Morgan fingerprint density at radius 1 is 1.50 bits per heavy atom. The fraction of sp³-hybridized carbons (Fsp3) is 0.385. The standard InChI is InChI=1S/C13H13ClO3S/c1-13(8-10(6-7-15)17-12(13)16)18-11-4-2-9(14)3-5-11/h2-5,7,10H,6,8H2,1H3. The van der Waals surface area contributed by atoms with E-state index in [2.05, 4.69) is 0 Å². The van der Waals surface area contributed by atoms with Gasteiger partial charge in [0.15, 0.2) is 0 Å². The van der Waals surface area contributed by atoms with Crippen LogP contribution in [0.2, 0.25) is 5.02 Å². The van der Waals surface area contributed by atoms with E-state index in [-0.39, 0.29) is 18.5 Å². The van der Waals surface area contributed by atoms with Crippen molar-refractivity contribution in [3.8, 4) is 0 Å². The lowest BCUT2D eigenvalue weighted by molar-refractivity contribution is -0.143. The van der Waals surface area contributed by atoms with E-state index in [0.29, 0.717) is 11.4 Å². The molecule has 0 spiro atoms. The molecule has 1 aromatic carbocycles.